The van der Waals surface area contributed by atoms with Gasteiger partial charge >= 0.3 is 12.0 Å². The van der Waals surface area contributed by atoms with Crippen molar-refractivity contribution < 1.29 is 19.1 Å². The van der Waals surface area contributed by atoms with Gasteiger partial charge in [-0.1, -0.05) is 35.9 Å². The third kappa shape index (κ3) is 5.57. The first-order valence-corrected chi connectivity index (χ1v) is 9.14. The van der Waals surface area contributed by atoms with Crippen LogP contribution >= 0.6 is 11.6 Å². The molecule has 0 heterocycles. The number of carbonyl (C=O) groups excluding carboxylic acids is 3. The van der Waals surface area contributed by atoms with Crippen LogP contribution < -0.4 is 11.1 Å². The summed E-state index contributed by atoms with van der Waals surface area (Å²) in [6.45, 7) is 5.35. The van der Waals surface area contributed by atoms with Gasteiger partial charge in [0.05, 0.1) is 12.5 Å². The Kier molecular flexibility index (Phi) is 7.18. The molecule has 0 spiro atoms. The molecular formula is C21H23ClN2O4. The van der Waals surface area contributed by atoms with Crippen molar-refractivity contribution in [3.63, 3.8) is 0 Å². The number of halogens is 1. The van der Waals surface area contributed by atoms with Crippen molar-refractivity contribution in [2.75, 3.05) is 6.61 Å². The molecule has 2 amide bonds. The van der Waals surface area contributed by atoms with E-state index in [1.807, 2.05) is 26.8 Å². The Morgan fingerprint density at radius 1 is 1.07 bits per heavy atom. The van der Waals surface area contributed by atoms with Crippen LogP contribution in [0.25, 0.3) is 0 Å². The number of Topliss-reactive ketones (excluding diaryl/α,β-unsaturated/α-hetero) is 1. The van der Waals surface area contributed by atoms with Gasteiger partial charge in [0.2, 0.25) is 5.78 Å². The molecule has 0 aliphatic heterocycles. The van der Waals surface area contributed by atoms with Gasteiger partial charge in [0.15, 0.2) is 6.61 Å². The molecule has 0 radical (unpaired) electrons. The van der Waals surface area contributed by atoms with Gasteiger partial charge in [-0.15, -0.1) is 0 Å². The maximum atomic E-state index is 12.4. The van der Waals surface area contributed by atoms with E-state index in [-0.39, 0.29) is 18.8 Å². The van der Waals surface area contributed by atoms with Crippen LogP contribution in [0.2, 0.25) is 5.02 Å². The van der Waals surface area contributed by atoms with Crippen LogP contribution in [0.1, 0.15) is 45.1 Å². The number of primary amides is 1. The Hall–Kier alpha value is -2.86. The van der Waals surface area contributed by atoms with Crippen LogP contribution in [-0.4, -0.2) is 24.4 Å². The van der Waals surface area contributed by atoms with Crippen LogP contribution in [0.15, 0.2) is 36.4 Å². The van der Waals surface area contributed by atoms with Gasteiger partial charge in [-0.3, -0.25) is 9.59 Å². The second kappa shape index (κ2) is 9.37. The van der Waals surface area contributed by atoms with E-state index >= 15 is 0 Å². The number of hydrogen-bond acceptors (Lipinski definition) is 4. The number of nitrogens with two attached hydrogens (primary N) is 1. The molecule has 6 nitrogen and oxygen atoms in total. The zero-order valence-electron chi connectivity index (χ0n) is 16.0. The highest BCUT2D eigenvalue weighted by Crippen LogP contribution is 2.25. The highest BCUT2D eigenvalue weighted by atomic mass is 35.5. The van der Waals surface area contributed by atoms with Crippen LogP contribution in [0.3, 0.4) is 0 Å². The lowest BCUT2D eigenvalue weighted by atomic mass is 9.98. The molecule has 2 rings (SSSR count). The second-order valence-corrected chi connectivity index (χ2v) is 7.03. The monoisotopic (exact) mass is 402 g/mol. The fourth-order valence-corrected chi connectivity index (χ4v) is 3.15. The number of esters is 1. The number of ether oxygens (including phenoxy) is 1. The quantitative estimate of drug-likeness (QED) is 0.543. The number of rotatable bonds is 7. The Labute approximate surface area is 169 Å². The van der Waals surface area contributed by atoms with E-state index < -0.39 is 18.0 Å². The molecule has 28 heavy (non-hydrogen) atoms. The summed E-state index contributed by atoms with van der Waals surface area (Å²) in [5.41, 5.74) is 9.17. The number of amides is 2. The summed E-state index contributed by atoms with van der Waals surface area (Å²) in [5.74, 6) is -0.931. The second-order valence-electron chi connectivity index (χ2n) is 6.62. The van der Waals surface area contributed by atoms with Crippen molar-refractivity contribution in [2.24, 2.45) is 5.73 Å². The van der Waals surface area contributed by atoms with Gasteiger partial charge in [-0.25, -0.2) is 4.79 Å². The van der Waals surface area contributed by atoms with Crippen LogP contribution in [0.5, 0.6) is 0 Å². The fraction of sp³-hybridized carbons (Fsp3) is 0.286. The maximum absolute atomic E-state index is 12.4. The standard InChI is InChI=1S/C21H23ClN2O4/c1-12-8-14(3)16(9-13(12)2)19(25)11-28-20(26)10-18(24-21(23)27)15-6-4-5-7-17(15)22/h4-9,18H,10-11H2,1-3H3,(H3,23,24,27)/t18-/m0/s1. The number of aryl methyl sites for hydroxylation is 3. The van der Waals surface area contributed by atoms with Crippen molar-refractivity contribution in [1.29, 1.82) is 0 Å². The molecule has 148 valence electrons. The molecule has 2 aromatic carbocycles. The fourth-order valence-electron chi connectivity index (χ4n) is 2.88. The Morgan fingerprint density at radius 3 is 2.36 bits per heavy atom. The third-order valence-electron chi connectivity index (χ3n) is 4.47. The first kappa shape index (κ1) is 21.4. The van der Waals surface area contributed by atoms with E-state index in [1.165, 1.54) is 0 Å². The lowest BCUT2D eigenvalue weighted by molar-refractivity contribution is -0.143. The summed E-state index contributed by atoms with van der Waals surface area (Å²) in [7, 11) is 0. The first-order valence-electron chi connectivity index (χ1n) is 8.76. The predicted octanol–water partition coefficient (Wildman–Crippen LogP) is 3.79. The Balaban J connectivity index is 2.05. The molecule has 0 aromatic heterocycles. The Morgan fingerprint density at radius 2 is 1.71 bits per heavy atom. The molecule has 0 aliphatic rings. The molecule has 0 saturated carbocycles. The molecule has 0 unspecified atom stereocenters. The molecule has 3 N–H and O–H groups in total. The van der Waals surface area contributed by atoms with Gasteiger partial charge < -0.3 is 15.8 Å². The number of urea groups is 1. The molecule has 0 bridgehead atoms. The number of benzene rings is 2. The topological polar surface area (TPSA) is 98.5 Å². The van der Waals surface area contributed by atoms with Crippen LogP contribution in [0, 0.1) is 20.8 Å². The van der Waals surface area contributed by atoms with Crippen LogP contribution in [-0.2, 0) is 9.53 Å². The lowest BCUT2D eigenvalue weighted by Crippen LogP contribution is -2.35. The van der Waals surface area contributed by atoms with E-state index in [1.54, 1.807) is 30.3 Å². The first-order chi connectivity index (χ1) is 13.2. The predicted molar refractivity (Wildman–Crippen MR) is 107 cm³/mol. The summed E-state index contributed by atoms with van der Waals surface area (Å²) >= 11 is 6.14. The van der Waals surface area contributed by atoms with E-state index in [0.717, 1.165) is 16.7 Å². The van der Waals surface area contributed by atoms with Crippen LogP contribution in [0.4, 0.5) is 4.79 Å². The molecule has 0 fully saturated rings. The van der Waals surface area contributed by atoms with Crippen molar-refractivity contribution in [1.82, 2.24) is 5.32 Å². The van der Waals surface area contributed by atoms with E-state index in [2.05, 4.69) is 5.32 Å². The lowest BCUT2D eigenvalue weighted by Gasteiger charge is -2.18. The Bertz CT molecular complexity index is 911. The highest BCUT2D eigenvalue weighted by Gasteiger charge is 2.21. The van der Waals surface area contributed by atoms with E-state index in [9.17, 15) is 14.4 Å². The summed E-state index contributed by atoms with van der Waals surface area (Å²) in [6, 6.07) is 8.96. The van der Waals surface area contributed by atoms with Gasteiger partial charge in [0.25, 0.3) is 0 Å². The van der Waals surface area contributed by atoms with Crippen molar-refractivity contribution in [3.05, 3.63) is 69.2 Å². The van der Waals surface area contributed by atoms with Gasteiger partial charge in [-0.05, 0) is 55.2 Å². The summed E-state index contributed by atoms with van der Waals surface area (Å²) in [4.78, 5) is 36.0. The van der Waals surface area contributed by atoms with Crippen molar-refractivity contribution >= 4 is 29.4 Å². The van der Waals surface area contributed by atoms with Gasteiger partial charge in [0.1, 0.15) is 0 Å². The average Bonchev–Trinajstić information content (AvgIpc) is 2.62. The minimum absolute atomic E-state index is 0.203. The van der Waals surface area contributed by atoms with Crippen molar-refractivity contribution in [2.45, 2.75) is 33.2 Å². The third-order valence-corrected chi connectivity index (χ3v) is 4.82. The zero-order chi connectivity index (χ0) is 20.8. The van der Waals surface area contributed by atoms with Gasteiger partial charge in [0, 0.05) is 10.6 Å². The number of carbonyl (C=O) groups is 3. The largest absolute Gasteiger partial charge is 0.457 e. The minimum Gasteiger partial charge on any atom is -0.457 e. The highest BCUT2D eigenvalue weighted by molar-refractivity contribution is 6.31. The summed E-state index contributed by atoms with van der Waals surface area (Å²) in [6.07, 6.45) is -0.203. The van der Waals surface area contributed by atoms with Crippen molar-refractivity contribution in [3.8, 4) is 0 Å². The normalized spacial score (nSPS) is 11.6. The number of hydrogen-bond donors (Lipinski definition) is 2. The summed E-state index contributed by atoms with van der Waals surface area (Å²) < 4.78 is 5.13. The van der Waals surface area contributed by atoms with Gasteiger partial charge in [-0.2, -0.15) is 0 Å². The SMILES string of the molecule is Cc1cc(C)c(C(=O)COC(=O)C[C@H](NC(N)=O)c2ccccc2Cl)cc1C. The zero-order valence-corrected chi connectivity index (χ0v) is 16.8. The smallest absolute Gasteiger partial charge is 0.312 e. The number of ketones is 1. The number of nitrogens with one attached hydrogen (secondary N) is 1. The minimum atomic E-state index is -0.792. The molecule has 1 atom stereocenters. The average molecular weight is 403 g/mol. The van der Waals surface area contributed by atoms with E-state index in [4.69, 9.17) is 22.1 Å². The molecular weight excluding hydrogens is 380 g/mol. The maximum Gasteiger partial charge on any atom is 0.312 e. The molecule has 0 aliphatic carbocycles. The molecule has 7 heteroatoms. The molecule has 2 aromatic rings. The van der Waals surface area contributed by atoms with E-state index in [0.29, 0.717) is 16.1 Å². The molecule has 0 saturated heterocycles. The summed E-state index contributed by atoms with van der Waals surface area (Å²) in [5, 5.41) is 2.86.